The number of amides is 2. The average Bonchev–Trinajstić information content (AvgIpc) is 3.15. The highest BCUT2D eigenvalue weighted by molar-refractivity contribution is 5.89. The Kier molecular flexibility index (Phi) is 5.41. The van der Waals surface area contributed by atoms with Gasteiger partial charge in [0.1, 0.15) is 0 Å². The Morgan fingerprint density at radius 2 is 1.96 bits per heavy atom. The molecule has 4 rings (SSSR count). The molecule has 27 heavy (non-hydrogen) atoms. The minimum Gasteiger partial charge on any atom is -0.454 e. The summed E-state index contributed by atoms with van der Waals surface area (Å²) in [4.78, 5) is 14.5. The molecule has 2 aromatic carbocycles. The van der Waals surface area contributed by atoms with E-state index in [1.54, 1.807) is 18.2 Å². The molecule has 0 bridgehead atoms. The van der Waals surface area contributed by atoms with Gasteiger partial charge in [0.05, 0.1) is 12.7 Å². The van der Waals surface area contributed by atoms with Crippen LogP contribution in [0.5, 0.6) is 11.5 Å². The van der Waals surface area contributed by atoms with Gasteiger partial charge in [-0.25, -0.2) is 4.79 Å². The molecule has 1 atom stereocenters. The van der Waals surface area contributed by atoms with Crippen LogP contribution in [0.2, 0.25) is 0 Å². The molecule has 7 heteroatoms. The molecule has 2 N–H and O–H groups in total. The van der Waals surface area contributed by atoms with Gasteiger partial charge < -0.3 is 24.8 Å². The number of hydrogen-bond donors (Lipinski definition) is 2. The molecule has 0 radical (unpaired) electrons. The van der Waals surface area contributed by atoms with Crippen molar-refractivity contribution in [1.82, 2.24) is 10.2 Å². The number of nitrogens with one attached hydrogen (secondary N) is 2. The average molecular weight is 369 g/mol. The first kappa shape index (κ1) is 17.6. The predicted octanol–water partition coefficient (Wildman–Crippen LogP) is 2.44. The van der Waals surface area contributed by atoms with Gasteiger partial charge in [-0.1, -0.05) is 30.3 Å². The zero-order chi connectivity index (χ0) is 18.5. The van der Waals surface area contributed by atoms with Crippen LogP contribution in [0.25, 0.3) is 0 Å². The van der Waals surface area contributed by atoms with Gasteiger partial charge in [-0.15, -0.1) is 0 Å². The third-order valence-electron chi connectivity index (χ3n) is 4.59. The quantitative estimate of drug-likeness (QED) is 0.847. The third-order valence-corrected chi connectivity index (χ3v) is 4.59. The second-order valence-corrected chi connectivity index (χ2v) is 6.62. The summed E-state index contributed by atoms with van der Waals surface area (Å²) in [6, 6.07) is 15.4. The normalized spacial score (nSPS) is 18.9. The van der Waals surface area contributed by atoms with E-state index in [-0.39, 0.29) is 18.9 Å². The van der Waals surface area contributed by atoms with E-state index in [1.807, 2.05) is 6.07 Å². The fraction of sp³-hybridized carbons (Fsp3) is 0.350. The smallest absolute Gasteiger partial charge is 0.319 e. The van der Waals surface area contributed by atoms with Crippen molar-refractivity contribution in [3.8, 4) is 11.5 Å². The van der Waals surface area contributed by atoms with E-state index in [0.29, 0.717) is 30.3 Å². The Morgan fingerprint density at radius 1 is 1.11 bits per heavy atom. The van der Waals surface area contributed by atoms with Gasteiger partial charge in [-0.3, -0.25) is 4.90 Å². The molecule has 1 saturated heterocycles. The van der Waals surface area contributed by atoms with Crippen LogP contribution in [0.1, 0.15) is 5.56 Å². The highest BCUT2D eigenvalue weighted by Crippen LogP contribution is 2.34. The van der Waals surface area contributed by atoms with E-state index in [1.165, 1.54) is 5.56 Å². The van der Waals surface area contributed by atoms with Crippen molar-refractivity contribution in [2.45, 2.75) is 12.6 Å². The SMILES string of the molecule is O=C(NCC1CN(Cc2ccccc2)CCO1)Nc1ccc2c(c1)OCO2. The number of rotatable bonds is 5. The summed E-state index contributed by atoms with van der Waals surface area (Å²) < 4.78 is 16.4. The first-order valence-electron chi connectivity index (χ1n) is 9.09. The van der Waals surface area contributed by atoms with Crippen molar-refractivity contribution in [2.24, 2.45) is 0 Å². The van der Waals surface area contributed by atoms with Crippen molar-refractivity contribution in [1.29, 1.82) is 0 Å². The maximum absolute atomic E-state index is 12.2. The lowest BCUT2D eigenvalue weighted by Crippen LogP contribution is -2.47. The molecule has 0 saturated carbocycles. The molecule has 0 spiro atoms. The zero-order valence-electron chi connectivity index (χ0n) is 15.0. The topological polar surface area (TPSA) is 72.1 Å². The van der Waals surface area contributed by atoms with Crippen molar-refractivity contribution in [2.75, 3.05) is 38.4 Å². The fourth-order valence-electron chi connectivity index (χ4n) is 3.25. The summed E-state index contributed by atoms with van der Waals surface area (Å²) in [7, 11) is 0. The lowest BCUT2D eigenvalue weighted by Gasteiger charge is -2.33. The van der Waals surface area contributed by atoms with Crippen LogP contribution in [0.4, 0.5) is 10.5 Å². The highest BCUT2D eigenvalue weighted by atomic mass is 16.7. The zero-order valence-corrected chi connectivity index (χ0v) is 15.0. The maximum atomic E-state index is 12.2. The second-order valence-electron chi connectivity index (χ2n) is 6.62. The Bertz CT molecular complexity index is 784. The molecule has 2 aliphatic rings. The molecule has 0 aromatic heterocycles. The number of carbonyl (C=O) groups excluding carboxylic acids is 1. The standard InChI is InChI=1S/C20H23N3O4/c24-20(22-16-6-7-18-19(10-16)27-14-26-18)21-11-17-13-23(8-9-25-17)12-15-4-2-1-3-5-15/h1-7,10,17H,8-9,11-14H2,(H2,21,22,24). The van der Waals surface area contributed by atoms with Crippen LogP contribution in [0.15, 0.2) is 48.5 Å². The van der Waals surface area contributed by atoms with Crippen molar-refractivity contribution in [3.05, 3.63) is 54.1 Å². The summed E-state index contributed by atoms with van der Waals surface area (Å²) in [5.41, 5.74) is 1.94. The van der Waals surface area contributed by atoms with Gasteiger partial charge in [-0.2, -0.15) is 0 Å². The molecule has 2 aromatic rings. The van der Waals surface area contributed by atoms with E-state index in [4.69, 9.17) is 14.2 Å². The van der Waals surface area contributed by atoms with Crippen molar-refractivity contribution in [3.63, 3.8) is 0 Å². The minimum atomic E-state index is -0.266. The summed E-state index contributed by atoms with van der Waals surface area (Å²) in [6.07, 6.45) is -0.0232. The lowest BCUT2D eigenvalue weighted by atomic mass is 10.2. The Balaban J connectivity index is 1.23. The van der Waals surface area contributed by atoms with Crippen molar-refractivity contribution >= 4 is 11.7 Å². The van der Waals surface area contributed by atoms with E-state index in [9.17, 15) is 4.79 Å². The first-order valence-corrected chi connectivity index (χ1v) is 9.09. The Hall–Kier alpha value is -2.77. The summed E-state index contributed by atoms with van der Waals surface area (Å²) in [6.45, 7) is 3.92. The molecular weight excluding hydrogens is 346 g/mol. The van der Waals surface area contributed by atoms with Gasteiger partial charge in [0, 0.05) is 37.9 Å². The second kappa shape index (κ2) is 8.28. The number of nitrogens with zero attached hydrogens (tertiary/aromatic N) is 1. The van der Waals surface area contributed by atoms with Crippen LogP contribution in [0.3, 0.4) is 0 Å². The molecular formula is C20H23N3O4. The molecule has 2 amide bonds. The number of ether oxygens (including phenoxy) is 3. The van der Waals surface area contributed by atoms with Gasteiger partial charge >= 0.3 is 6.03 Å². The summed E-state index contributed by atoms with van der Waals surface area (Å²) in [5, 5.41) is 5.69. The molecule has 0 aliphatic carbocycles. The van der Waals surface area contributed by atoms with Crippen LogP contribution >= 0.6 is 0 Å². The van der Waals surface area contributed by atoms with Gasteiger partial charge in [-0.05, 0) is 17.7 Å². The van der Waals surface area contributed by atoms with E-state index in [2.05, 4.69) is 39.8 Å². The third kappa shape index (κ3) is 4.69. The molecule has 1 unspecified atom stereocenters. The van der Waals surface area contributed by atoms with Gasteiger partial charge in [0.25, 0.3) is 0 Å². The monoisotopic (exact) mass is 369 g/mol. The van der Waals surface area contributed by atoms with Gasteiger partial charge in [0.2, 0.25) is 6.79 Å². The largest absolute Gasteiger partial charge is 0.454 e. The maximum Gasteiger partial charge on any atom is 0.319 e. The molecule has 1 fully saturated rings. The van der Waals surface area contributed by atoms with Crippen molar-refractivity contribution < 1.29 is 19.0 Å². The number of hydrogen-bond acceptors (Lipinski definition) is 5. The molecule has 2 heterocycles. The van der Waals surface area contributed by atoms with Crippen LogP contribution in [0, 0.1) is 0 Å². The lowest BCUT2D eigenvalue weighted by molar-refractivity contribution is -0.0285. The molecule has 142 valence electrons. The van der Waals surface area contributed by atoms with Crippen LogP contribution in [-0.4, -0.2) is 50.1 Å². The number of benzene rings is 2. The highest BCUT2D eigenvalue weighted by Gasteiger charge is 2.21. The Labute approximate surface area is 158 Å². The summed E-state index contributed by atoms with van der Waals surface area (Å²) in [5.74, 6) is 1.33. The van der Waals surface area contributed by atoms with Gasteiger partial charge in [0.15, 0.2) is 11.5 Å². The first-order chi connectivity index (χ1) is 13.3. The van der Waals surface area contributed by atoms with E-state index >= 15 is 0 Å². The minimum absolute atomic E-state index is 0.0232. The summed E-state index contributed by atoms with van der Waals surface area (Å²) >= 11 is 0. The molecule has 2 aliphatic heterocycles. The number of morpholine rings is 1. The molecule has 7 nitrogen and oxygen atoms in total. The van der Waals surface area contributed by atoms with E-state index in [0.717, 1.165) is 19.6 Å². The number of anilines is 1. The fourth-order valence-corrected chi connectivity index (χ4v) is 3.25. The van der Waals surface area contributed by atoms with Crippen LogP contribution in [-0.2, 0) is 11.3 Å². The predicted molar refractivity (Wildman–Crippen MR) is 101 cm³/mol. The number of carbonyl (C=O) groups is 1. The number of urea groups is 1. The number of fused-ring (bicyclic) bond motifs is 1. The van der Waals surface area contributed by atoms with E-state index < -0.39 is 0 Å². The Morgan fingerprint density at radius 3 is 2.85 bits per heavy atom. The van der Waals surface area contributed by atoms with Crippen LogP contribution < -0.4 is 20.1 Å².